The van der Waals surface area contributed by atoms with Gasteiger partial charge >= 0.3 is 12.1 Å². The predicted molar refractivity (Wildman–Crippen MR) is 206 cm³/mol. The average Bonchev–Trinajstić information content (AvgIpc) is 4.09. The lowest BCUT2D eigenvalue weighted by Crippen LogP contribution is -2.58. The van der Waals surface area contributed by atoms with E-state index >= 15 is 0 Å². The van der Waals surface area contributed by atoms with Gasteiger partial charge in [0.05, 0.1) is 25.3 Å². The molecule has 4 amide bonds. The third-order valence-corrected chi connectivity index (χ3v) is 11.7. The molecular formula is C40H47N5O11S. The van der Waals surface area contributed by atoms with Crippen molar-refractivity contribution in [1.29, 1.82) is 0 Å². The van der Waals surface area contributed by atoms with E-state index in [1.807, 2.05) is 6.07 Å². The van der Waals surface area contributed by atoms with Crippen molar-refractivity contribution in [2.24, 2.45) is 5.92 Å². The molecule has 17 heteroatoms. The number of pyridine rings is 1. The van der Waals surface area contributed by atoms with E-state index in [1.165, 1.54) is 11.0 Å². The van der Waals surface area contributed by atoms with Crippen molar-refractivity contribution in [2.45, 2.75) is 94.1 Å². The second-order valence-electron chi connectivity index (χ2n) is 15.4. The molecule has 6 rings (SSSR count). The summed E-state index contributed by atoms with van der Waals surface area (Å²) in [7, 11) is -2.41. The van der Waals surface area contributed by atoms with Gasteiger partial charge in [-0.15, -0.1) is 6.58 Å². The fourth-order valence-corrected chi connectivity index (χ4v) is 8.08. The van der Waals surface area contributed by atoms with Crippen LogP contribution in [-0.4, -0.2) is 96.3 Å². The number of ether oxygens (including phenoxy) is 4. The Hall–Kier alpha value is -5.71. The number of fused-ring (bicyclic) bond motifs is 1. The Kier molecular flexibility index (Phi) is 11.8. The average molecular weight is 806 g/mol. The summed E-state index contributed by atoms with van der Waals surface area (Å²) in [6.07, 6.45) is 1.38. The van der Waals surface area contributed by atoms with E-state index in [4.69, 9.17) is 18.9 Å². The van der Waals surface area contributed by atoms with Crippen molar-refractivity contribution >= 4 is 50.6 Å². The molecule has 2 heterocycles. The van der Waals surface area contributed by atoms with E-state index in [0.717, 1.165) is 5.39 Å². The van der Waals surface area contributed by atoms with Crippen LogP contribution in [-0.2, 0) is 45.3 Å². The summed E-state index contributed by atoms with van der Waals surface area (Å²) in [6.45, 7) is 8.36. The van der Waals surface area contributed by atoms with E-state index in [1.54, 1.807) is 82.6 Å². The molecule has 1 aromatic heterocycles. The molecule has 3 fully saturated rings. The SMILES string of the molecule is C=C[C@H]1C[C@@]1(NC(=O)[C@H]1C[C@@H](Oc2nccc3cc(OC)ccc23)CN1C(=O)[C@H](CC(=O)OCc1ccccc1)NC(=O)OC(C)(C)C)C(=O)NS(=O)(=O)C1CC1. The fourth-order valence-electron chi connectivity index (χ4n) is 6.71. The van der Waals surface area contributed by atoms with Gasteiger partial charge < -0.3 is 34.5 Å². The molecule has 2 saturated carbocycles. The molecule has 304 valence electrons. The van der Waals surface area contributed by atoms with Crippen molar-refractivity contribution in [2.75, 3.05) is 13.7 Å². The molecule has 3 aromatic rings. The Morgan fingerprint density at radius 1 is 1.07 bits per heavy atom. The van der Waals surface area contributed by atoms with Crippen LogP contribution >= 0.6 is 0 Å². The molecule has 0 bridgehead atoms. The van der Waals surface area contributed by atoms with Gasteiger partial charge in [0, 0.05) is 23.9 Å². The molecule has 16 nitrogen and oxygen atoms in total. The second kappa shape index (κ2) is 16.4. The number of sulfonamides is 1. The van der Waals surface area contributed by atoms with Crippen LogP contribution in [0.5, 0.6) is 11.6 Å². The minimum Gasteiger partial charge on any atom is -0.497 e. The van der Waals surface area contributed by atoms with E-state index in [9.17, 15) is 32.4 Å². The summed E-state index contributed by atoms with van der Waals surface area (Å²) >= 11 is 0. The second-order valence-corrected chi connectivity index (χ2v) is 17.4. The number of likely N-dealkylation sites (tertiary alicyclic amines) is 1. The number of amides is 4. The maximum atomic E-state index is 14.6. The Labute approximate surface area is 330 Å². The minimum absolute atomic E-state index is 0.0777. The van der Waals surface area contributed by atoms with Crippen LogP contribution in [0.25, 0.3) is 10.8 Å². The number of nitrogens with one attached hydrogen (secondary N) is 3. The molecule has 0 spiro atoms. The van der Waals surface area contributed by atoms with Crippen molar-refractivity contribution in [1.82, 2.24) is 25.2 Å². The zero-order chi connectivity index (χ0) is 41.1. The molecular weight excluding hydrogens is 759 g/mol. The van der Waals surface area contributed by atoms with Crippen LogP contribution in [0.4, 0.5) is 4.79 Å². The van der Waals surface area contributed by atoms with Gasteiger partial charge in [0.1, 0.15) is 41.7 Å². The van der Waals surface area contributed by atoms with Gasteiger partial charge in [0.2, 0.25) is 27.7 Å². The first-order chi connectivity index (χ1) is 27.0. The molecule has 5 atom stereocenters. The van der Waals surface area contributed by atoms with Crippen LogP contribution in [0.3, 0.4) is 0 Å². The summed E-state index contributed by atoms with van der Waals surface area (Å²) in [5.74, 6) is -3.09. The van der Waals surface area contributed by atoms with Gasteiger partial charge in [-0.3, -0.25) is 23.9 Å². The molecule has 3 aliphatic rings. The normalized spacial score (nSPS) is 22.1. The molecule has 0 radical (unpaired) electrons. The molecule has 1 aliphatic heterocycles. The van der Waals surface area contributed by atoms with Crippen molar-refractivity contribution in [3.63, 3.8) is 0 Å². The van der Waals surface area contributed by atoms with E-state index < -0.39 is 86.7 Å². The van der Waals surface area contributed by atoms with Gasteiger partial charge in [0.15, 0.2) is 0 Å². The van der Waals surface area contributed by atoms with E-state index in [0.29, 0.717) is 29.5 Å². The predicted octanol–water partition coefficient (Wildman–Crippen LogP) is 3.29. The summed E-state index contributed by atoms with van der Waals surface area (Å²) in [5, 5.41) is 5.91. The molecule has 2 aromatic carbocycles. The number of carbonyl (C=O) groups is 5. The van der Waals surface area contributed by atoms with E-state index in [-0.39, 0.29) is 31.9 Å². The zero-order valence-corrected chi connectivity index (χ0v) is 33.0. The standard InChI is InChI=1S/C40H47N5O11S/c1-6-26-21-40(26,37(49)44-57(51,52)29-13-14-29)43-34(47)32-19-28(55-35-30-15-12-27(53-5)18-25(30)16-17-41-35)22-45(32)36(48)31(42-38(50)56-39(2,3)4)20-33(46)54-23-24-10-8-7-9-11-24/h6-12,15-18,26,28-29,31-32H,1,13-14,19-23H2,2-5H3,(H,42,50)(H,43,47)(H,44,49)/t26-,28+,31-,32+,40-/m0/s1. The number of hydrogen-bond donors (Lipinski definition) is 3. The highest BCUT2D eigenvalue weighted by atomic mass is 32.2. The number of benzene rings is 2. The summed E-state index contributed by atoms with van der Waals surface area (Å²) in [4.78, 5) is 74.3. The summed E-state index contributed by atoms with van der Waals surface area (Å²) in [6, 6.07) is 13.1. The first-order valence-corrected chi connectivity index (χ1v) is 20.2. The summed E-state index contributed by atoms with van der Waals surface area (Å²) < 4.78 is 50.1. The fraction of sp³-hybridized carbons (Fsp3) is 0.450. The Morgan fingerprint density at radius 2 is 1.81 bits per heavy atom. The van der Waals surface area contributed by atoms with Gasteiger partial charge in [-0.25, -0.2) is 18.2 Å². The molecule has 2 aliphatic carbocycles. The van der Waals surface area contributed by atoms with Gasteiger partial charge in [-0.1, -0.05) is 36.4 Å². The Bertz CT molecular complexity index is 2160. The quantitative estimate of drug-likeness (QED) is 0.149. The zero-order valence-electron chi connectivity index (χ0n) is 32.2. The number of esters is 1. The van der Waals surface area contributed by atoms with Gasteiger partial charge in [-0.05, 0) is 75.2 Å². The largest absolute Gasteiger partial charge is 0.497 e. The number of hydrogen-bond acceptors (Lipinski definition) is 12. The molecule has 1 saturated heterocycles. The highest BCUT2D eigenvalue weighted by Crippen LogP contribution is 2.45. The maximum absolute atomic E-state index is 14.6. The lowest BCUT2D eigenvalue weighted by atomic mass is 10.1. The first kappa shape index (κ1) is 40.9. The Balaban J connectivity index is 1.28. The van der Waals surface area contributed by atoms with Crippen LogP contribution in [0.15, 0.2) is 73.4 Å². The minimum atomic E-state index is -3.96. The maximum Gasteiger partial charge on any atom is 0.408 e. The number of methoxy groups -OCH3 is 1. The van der Waals surface area contributed by atoms with Gasteiger partial charge in [0.25, 0.3) is 5.91 Å². The van der Waals surface area contributed by atoms with Crippen LogP contribution in [0, 0.1) is 5.92 Å². The number of nitrogens with zero attached hydrogens (tertiary/aromatic N) is 2. The van der Waals surface area contributed by atoms with Gasteiger partial charge in [-0.2, -0.15) is 0 Å². The molecule has 3 N–H and O–H groups in total. The third kappa shape index (κ3) is 9.82. The topological polar surface area (TPSA) is 209 Å². The smallest absolute Gasteiger partial charge is 0.408 e. The third-order valence-electron chi connectivity index (χ3n) is 9.91. The van der Waals surface area contributed by atoms with Crippen molar-refractivity contribution in [3.05, 3.63) is 79.0 Å². The monoisotopic (exact) mass is 805 g/mol. The number of aromatic nitrogens is 1. The highest BCUT2D eigenvalue weighted by Gasteiger charge is 2.62. The highest BCUT2D eigenvalue weighted by molar-refractivity contribution is 7.91. The summed E-state index contributed by atoms with van der Waals surface area (Å²) in [5.41, 5.74) is -1.89. The number of carbonyl (C=O) groups excluding carboxylic acids is 5. The number of alkyl carbamates (subject to hydrolysis) is 1. The lowest BCUT2D eigenvalue weighted by Gasteiger charge is -2.30. The van der Waals surface area contributed by atoms with Crippen LogP contribution in [0.2, 0.25) is 0 Å². The number of rotatable bonds is 15. The van der Waals surface area contributed by atoms with Crippen LogP contribution < -0.4 is 24.8 Å². The van der Waals surface area contributed by atoms with Crippen molar-refractivity contribution in [3.8, 4) is 11.6 Å². The molecule has 57 heavy (non-hydrogen) atoms. The van der Waals surface area contributed by atoms with Crippen molar-refractivity contribution < 1.29 is 51.3 Å². The van der Waals surface area contributed by atoms with E-state index in [2.05, 4.69) is 26.9 Å². The molecule has 0 unspecified atom stereocenters. The Morgan fingerprint density at radius 3 is 2.46 bits per heavy atom. The lowest BCUT2D eigenvalue weighted by molar-refractivity contribution is -0.149. The van der Waals surface area contributed by atoms with Crippen LogP contribution in [0.1, 0.15) is 58.4 Å². The first-order valence-electron chi connectivity index (χ1n) is 18.6.